The molecule has 0 unspecified atom stereocenters. The number of pyridine rings is 1. The molecule has 0 atom stereocenters. The fraction of sp³-hybridized carbons (Fsp3) is 0.0909. The maximum absolute atomic E-state index is 13.1. The van der Waals surface area contributed by atoms with Crippen LogP contribution in [0.1, 0.15) is 10.4 Å². The summed E-state index contributed by atoms with van der Waals surface area (Å²) in [5.41, 5.74) is 7.66. The van der Waals surface area contributed by atoms with Gasteiger partial charge in [-0.25, -0.2) is 13.4 Å². The third kappa shape index (κ3) is 3.95. The Bertz CT molecular complexity index is 1400. The number of nitrogens with two attached hydrogens (primary N) is 1. The maximum atomic E-state index is 13.1. The number of hydrogen-bond acceptors (Lipinski definition) is 6. The van der Waals surface area contributed by atoms with Crippen molar-refractivity contribution in [1.29, 1.82) is 0 Å². The van der Waals surface area contributed by atoms with Gasteiger partial charge in [0, 0.05) is 18.0 Å². The molecule has 0 aliphatic rings. The van der Waals surface area contributed by atoms with Gasteiger partial charge in [-0.1, -0.05) is 6.07 Å². The summed E-state index contributed by atoms with van der Waals surface area (Å²) in [5, 5.41) is 0. The Balaban J connectivity index is 1.74. The van der Waals surface area contributed by atoms with Crippen LogP contribution in [0.3, 0.4) is 0 Å². The summed E-state index contributed by atoms with van der Waals surface area (Å²) in [6.45, 7) is 0. The van der Waals surface area contributed by atoms with Crippen LogP contribution in [0.4, 0.5) is 5.69 Å². The van der Waals surface area contributed by atoms with Crippen LogP contribution in [0.5, 0.6) is 11.5 Å². The van der Waals surface area contributed by atoms with Crippen LogP contribution in [0.15, 0.2) is 71.9 Å². The molecule has 0 saturated heterocycles. The first-order valence-corrected chi connectivity index (χ1v) is 10.9. The molecule has 0 spiro atoms. The first-order valence-electron chi connectivity index (χ1n) is 9.45. The van der Waals surface area contributed by atoms with Crippen molar-refractivity contribution in [3.8, 4) is 22.8 Å². The highest BCUT2D eigenvalue weighted by Gasteiger charge is 2.21. The van der Waals surface area contributed by atoms with Crippen molar-refractivity contribution in [2.75, 3.05) is 18.9 Å². The van der Waals surface area contributed by atoms with Crippen molar-refractivity contribution in [3.63, 3.8) is 0 Å². The largest absolute Gasteiger partial charge is 0.496 e. The van der Waals surface area contributed by atoms with Gasteiger partial charge in [0.15, 0.2) is 0 Å². The minimum Gasteiger partial charge on any atom is -0.496 e. The lowest BCUT2D eigenvalue weighted by Crippen LogP contribution is -2.17. The number of fused-ring (bicyclic) bond motifs is 1. The predicted molar refractivity (Wildman–Crippen MR) is 120 cm³/mol. The zero-order valence-electron chi connectivity index (χ0n) is 17.3. The minimum absolute atomic E-state index is 0.0409. The molecule has 3 N–H and O–H groups in total. The van der Waals surface area contributed by atoms with E-state index in [9.17, 15) is 13.2 Å². The number of carbonyl (C=O) groups excluding carboxylic acids is 1. The highest BCUT2D eigenvalue weighted by atomic mass is 32.2. The number of amides is 1. The first kappa shape index (κ1) is 21.2. The van der Waals surface area contributed by atoms with Gasteiger partial charge in [0.25, 0.3) is 15.9 Å². The quantitative estimate of drug-likeness (QED) is 0.444. The van der Waals surface area contributed by atoms with Gasteiger partial charge in [0.05, 0.1) is 36.1 Å². The number of aromatic nitrogens is 2. The molecule has 10 heteroatoms. The molecule has 32 heavy (non-hydrogen) atoms. The molecular formula is C22H20N4O5S. The number of nitrogens with zero attached hydrogens (tertiary/aromatic N) is 2. The average Bonchev–Trinajstić information content (AvgIpc) is 3.22. The summed E-state index contributed by atoms with van der Waals surface area (Å²) >= 11 is 0. The van der Waals surface area contributed by atoms with Crippen molar-refractivity contribution < 1.29 is 22.7 Å². The number of anilines is 1. The minimum atomic E-state index is -4.07. The van der Waals surface area contributed by atoms with Gasteiger partial charge in [-0.15, -0.1) is 0 Å². The number of primary amides is 1. The Morgan fingerprint density at radius 1 is 1.03 bits per heavy atom. The molecule has 0 saturated carbocycles. The van der Waals surface area contributed by atoms with Gasteiger partial charge in [-0.3, -0.25) is 9.52 Å². The second kappa shape index (κ2) is 8.23. The Hall–Kier alpha value is -4.05. The lowest BCUT2D eigenvalue weighted by atomic mass is 10.1. The van der Waals surface area contributed by atoms with Crippen LogP contribution in [0.2, 0.25) is 0 Å². The number of rotatable bonds is 7. The zero-order chi connectivity index (χ0) is 22.9. The first-order chi connectivity index (χ1) is 15.3. The molecule has 0 aliphatic carbocycles. The molecule has 4 rings (SSSR count). The third-order valence-electron chi connectivity index (χ3n) is 4.85. The van der Waals surface area contributed by atoms with E-state index >= 15 is 0 Å². The van der Waals surface area contributed by atoms with E-state index in [1.165, 1.54) is 32.4 Å². The van der Waals surface area contributed by atoms with Gasteiger partial charge in [-0.2, -0.15) is 0 Å². The average molecular weight is 452 g/mol. The Kier molecular flexibility index (Phi) is 5.45. The third-order valence-corrected chi connectivity index (χ3v) is 6.21. The molecule has 4 aromatic rings. The van der Waals surface area contributed by atoms with Crippen LogP contribution in [0, 0.1) is 0 Å². The van der Waals surface area contributed by atoms with Gasteiger partial charge in [-0.05, 0) is 48.5 Å². The standard InChI is InChI=1S/C22H20N4O5S/c1-30-19-9-7-15(12-16(19)22(23)27)32(28,29)25-17-11-14(6-8-20(17)31-2)18-13-26-10-4-3-5-21(26)24-18/h3-13,25H,1-2H3,(H2,23,27). The molecule has 0 fully saturated rings. The van der Waals surface area contributed by atoms with E-state index < -0.39 is 15.9 Å². The lowest BCUT2D eigenvalue weighted by molar-refractivity contribution is 0.0997. The van der Waals surface area contributed by atoms with Crippen molar-refractivity contribution >= 4 is 27.3 Å². The monoisotopic (exact) mass is 452 g/mol. The number of sulfonamides is 1. The summed E-state index contributed by atoms with van der Waals surface area (Å²) < 4.78 is 40.9. The van der Waals surface area contributed by atoms with Crippen LogP contribution in [-0.4, -0.2) is 37.9 Å². The molecule has 9 nitrogen and oxygen atoms in total. The SMILES string of the molecule is COc1ccc(-c2cn3ccccc3n2)cc1NS(=O)(=O)c1ccc(OC)c(C(N)=O)c1. The van der Waals surface area contributed by atoms with E-state index in [1.54, 1.807) is 18.2 Å². The zero-order valence-corrected chi connectivity index (χ0v) is 18.1. The van der Waals surface area contributed by atoms with E-state index in [4.69, 9.17) is 15.2 Å². The van der Waals surface area contributed by atoms with E-state index in [2.05, 4.69) is 9.71 Å². The molecule has 164 valence electrons. The molecule has 2 aromatic heterocycles. The summed E-state index contributed by atoms with van der Waals surface area (Å²) in [7, 11) is -1.26. The number of nitrogens with one attached hydrogen (secondary N) is 1. The predicted octanol–water partition coefficient (Wildman–Crippen LogP) is 2.92. The van der Waals surface area contributed by atoms with Crippen LogP contribution in [-0.2, 0) is 10.0 Å². The van der Waals surface area contributed by atoms with E-state index in [0.717, 1.165) is 5.65 Å². The smallest absolute Gasteiger partial charge is 0.262 e. The summed E-state index contributed by atoms with van der Waals surface area (Å²) in [5.74, 6) is -0.294. The molecule has 2 aromatic carbocycles. The van der Waals surface area contributed by atoms with E-state index in [-0.39, 0.29) is 21.9 Å². The van der Waals surface area contributed by atoms with Gasteiger partial charge < -0.3 is 19.6 Å². The summed E-state index contributed by atoms with van der Waals surface area (Å²) in [6, 6.07) is 14.6. The molecule has 0 radical (unpaired) electrons. The molecular weight excluding hydrogens is 432 g/mol. The van der Waals surface area contributed by atoms with Crippen molar-refractivity contribution in [2.45, 2.75) is 4.90 Å². The molecule has 1 amide bonds. The Morgan fingerprint density at radius 2 is 1.78 bits per heavy atom. The fourth-order valence-corrected chi connectivity index (χ4v) is 4.36. The summed E-state index contributed by atoms with van der Waals surface area (Å²) in [4.78, 5) is 16.1. The number of benzene rings is 2. The van der Waals surface area contributed by atoms with E-state index in [0.29, 0.717) is 17.0 Å². The highest BCUT2D eigenvalue weighted by Crippen LogP contribution is 2.32. The fourth-order valence-electron chi connectivity index (χ4n) is 3.27. The summed E-state index contributed by atoms with van der Waals surface area (Å²) in [6.07, 6.45) is 3.72. The van der Waals surface area contributed by atoms with Crippen molar-refractivity contribution in [3.05, 3.63) is 72.6 Å². The number of ether oxygens (including phenoxy) is 2. The van der Waals surface area contributed by atoms with Crippen LogP contribution < -0.4 is 19.9 Å². The van der Waals surface area contributed by atoms with Crippen LogP contribution in [0.25, 0.3) is 16.9 Å². The molecule has 0 bridgehead atoms. The van der Waals surface area contributed by atoms with Gasteiger partial charge in [0.2, 0.25) is 0 Å². The number of carbonyl (C=O) groups is 1. The molecule has 0 aliphatic heterocycles. The topological polar surface area (TPSA) is 125 Å². The van der Waals surface area contributed by atoms with Gasteiger partial charge in [0.1, 0.15) is 17.1 Å². The lowest BCUT2D eigenvalue weighted by Gasteiger charge is -2.14. The molecule has 2 heterocycles. The normalized spacial score (nSPS) is 11.3. The van der Waals surface area contributed by atoms with Gasteiger partial charge >= 0.3 is 0 Å². The Morgan fingerprint density at radius 3 is 2.47 bits per heavy atom. The second-order valence-electron chi connectivity index (χ2n) is 6.84. The second-order valence-corrected chi connectivity index (χ2v) is 8.52. The number of methoxy groups -OCH3 is 2. The maximum Gasteiger partial charge on any atom is 0.262 e. The van der Waals surface area contributed by atoms with Crippen molar-refractivity contribution in [1.82, 2.24) is 9.38 Å². The highest BCUT2D eigenvalue weighted by molar-refractivity contribution is 7.92. The number of hydrogen-bond donors (Lipinski definition) is 2. The van der Waals surface area contributed by atoms with E-state index in [1.807, 2.05) is 35.0 Å². The van der Waals surface area contributed by atoms with Crippen LogP contribution >= 0.6 is 0 Å². The Labute approximate surface area is 184 Å². The number of imidazole rings is 1. The van der Waals surface area contributed by atoms with Crippen molar-refractivity contribution in [2.24, 2.45) is 5.73 Å².